The molecule has 1 aliphatic heterocycles. The molecule has 0 spiro atoms. The van der Waals surface area contributed by atoms with Crippen molar-refractivity contribution in [2.45, 2.75) is 25.8 Å². The maximum Gasteiger partial charge on any atom is 0.156 e. The highest BCUT2D eigenvalue weighted by Gasteiger charge is 2.20. The van der Waals surface area contributed by atoms with Crippen LogP contribution in [0.5, 0.6) is 5.75 Å². The average Bonchev–Trinajstić information content (AvgIpc) is 2.93. The Morgan fingerprint density at radius 2 is 1.95 bits per heavy atom. The Balaban J connectivity index is 1.56. The van der Waals surface area contributed by atoms with Gasteiger partial charge in [-0.05, 0) is 44.0 Å². The standard InChI is InChI=1S/C16H21N3O2/c1-12-16(11-17-21-12)18-13-7-9-19(10-8-13)14-3-5-15(20-2)6-4-14/h3-6,11,13,18H,7-10H2,1-2H3. The third-order valence-electron chi connectivity index (χ3n) is 4.04. The van der Waals surface area contributed by atoms with Crippen molar-refractivity contribution in [1.82, 2.24) is 5.16 Å². The molecule has 1 aliphatic rings. The lowest BCUT2D eigenvalue weighted by atomic mass is 10.0. The molecule has 5 heteroatoms. The fourth-order valence-corrected chi connectivity index (χ4v) is 2.73. The maximum absolute atomic E-state index is 5.20. The molecule has 0 aliphatic carbocycles. The molecule has 5 nitrogen and oxygen atoms in total. The summed E-state index contributed by atoms with van der Waals surface area (Å²) in [6.45, 7) is 4.03. The number of piperidine rings is 1. The first kappa shape index (κ1) is 13.8. The van der Waals surface area contributed by atoms with E-state index in [1.807, 2.05) is 19.1 Å². The van der Waals surface area contributed by atoms with E-state index in [9.17, 15) is 0 Å². The van der Waals surface area contributed by atoms with Gasteiger partial charge < -0.3 is 19.5 Å². The molecule has 112 valence electrons. The van der Waals surface area contributed by atoms with Crippen LogP contribution in [0.3, 0.4) is 0 Å². The Morgan fingerprint density at radius 1 is 1.24 bits per heavy atom. The molecule has 1 N–H and O–H groups in total. The zero-order valence-corrected chi connectivity index (χ0v) is 12.5. The molecule has 3 rings (SSSR count). The number of benzene rings is 1. The molecule has 1 aromatic carbocycles. The van der Waals surface area contributed by atoms with Crippen LogP contribution in [-0.4, -0.2) is 31.4 Å². The minimum atomic E-state index is 0.484. The van der Waals surface area contributed by atoms with Gasteiger partial charge >= 0.3 is 0 Å². The van der Waals surface area contributed by atoms with Crippen LogP contribution in [0.4, 0.5) is 11.4 Å². The number of hydrogen-bond donors (Lipinski definition) is 1. The monoisotopic (exact) mass is 287 g/mol. The third kappa shape index (κ3) is 3.12. The van der Waals surface area contributed by atoms with Crippen LogP contribution in [0.2, 0.25) is 0 Å². The first-order chi connectivity index (χ1) is 10.3. The average molecular weight is 287 g/mol. The molecule has 0 radical (unpaired) electrons. The van der Waals surface area contributed by atoms with E-state index in [0.29, 0.717) is 6.04 Å². The molecule has 0 amide bonds. The topological polar surface area (TPSA) is 50.5 Å². The van der Waals surface area contributed by atoms with Crippen molar-refractivity contribution in [2.24, 2.45) is 0 Å². The molecule has 1 fully saturated rings. The van der Waals surface area contributed by atoms with Gasteiger partial charge in [0.25, 0.3) is 0 Å². The number of nitrogens with zero attached hydrogens (tertiary/aromatic N) is 2. The van der Waals surface area contributed by atoms with Crippen LogP contribution in [0, 0.1) is 6.92 Å². The number of ether oxygens (including phenoxy) is 1. The maximum atomic E-state index is 5.20. The van der Waals surface area contributed by atoms with Crippen molar-refractivity contribution in [3.05, 3.63) is 36.2 Å². The van der Waals surface area contributed by atoms with Crippen LogP contribution in [0.1, 0.15) is 18.6 Å². The Hall–Kier alpha value is -2.17. The summed E-state index contributed by atoms with van der Waals surface area (Å²) < 4.78 is 10.3. The minimum absolute atomic E-state index is 0.484. The van der Waals surface area contributed by atoms with Gasteiger partial charge in [0.2, 0.25) is 0 Å². The first-order valence-electron chi connectivity index (χ1n) is 7.33. The molecule has 0 saturated carbocycles. The van der Waals surface area contributed by atoms with Gasteiger partial charge in [-0.25, -0.2) is 0 Å². The van der Waals surface area contributed by atoms with E-state index in [-0.39, 0.29) is 0 Å². The van der Waals surface area contributed by atoms with Gasteiger partial charge in [-0.2, -0.15) is 0 Å². The molecular formula is C16H21N3O2. The summed E-state index contributed by atoms with van der Waals surface area (Å²) in [5, 5.41) is 7.32. The summed E-state index contributed by atoms with van der Waals surface area (Å²) in [4.78, 5) is 2.41. The van der Waals surface area contributed by atoms with Crippen LogP contribution >= 0.6 is 0 Å². The zero-order chi connectivity index (χ0) is 14.7. The first-order valence-corrected chi connectivity index (χ1v) is 7.33. The molecule has 0 atom stereocenters. The largest absolute Gasteiger partial charge is 0.497 e. The number of rotatable bonds is 4. The van der Waals surface area contributed by atoms with E-state index in [4.69, 9.17) is 9.26 Å². The number of nitrogens with one attached hydrogen (secondary N) is 1. The molecule has 0 unspecified atom stereocenters. The summed E-state index contributed by atoms with van der Waals surface area (Å²) in [6, 6.07) is 8.76. The van der Waals surface area contributed by atoms with Crippen molar-refractivity contribution >= 4 is 11.4 Å². The molecule has 21 heavy (non-hydrogen) atoms. The second-order valence-corrected chi connectivity index (χ2v) is 5.40. The van der Waals surface area contributed by atoms with Crippen LogP contribution in [0.25, 0.3) is 0 Å². The smallest absolute Gasteiger partial charge is 0.156 e. The molecule has 0 bridgehead atoms. The van der Waals surface area contributed by atoms with E-state index in [1.54, 1.807) is 13.3 Å². The second-order valence-electron chi connectivity index (χ2n) is 5.40. The van der Waals surface area contributed by atoms with Crippen molar-refractivity contribution in [3.8, 4) is 5.75 Å². The summed E-state index contributed by atoms with van der Waals surface area (Å²) >= 11 is 0. The van der Waals surface area contributed by atoms with Crippen LogP contribution < -0.4 is 15.0 Å². The lowest BCUT2D eigenvalue weighted by molar-refractivity contribution is 0.397. The summed E-state index contributed by atoms with van der Waals surface area (Å²) in [5.41, 5.74) is 2.27. The predicted molar refractivity (Wildman–Crippen MR) is 83.1 cm³/mol. The third-order valence-corrected chi connectivity index (χ3v) is 4.04. The fourth-order valence-electron chi connectivity index (χ4n) is 2.73. The summed E-state index contributed by atoms with van der Waals surface area (Å²) in [5.74, 6) is 1.76. The summed E-state index contributed by atoms with van der Waals surface area (Å²) in [7, 11) is 1.69. The van der Waals surface area contributed by atoms with E-state index in [2.05, 4.69) is 27.5 Å². The molecule has 1 saturated heterocycles. The number of anilines is 2. The zero-order valence-electron chi connectivity index (χ0n) is 12.5. The van der Waals surface area contributed by atoms with E-state index < -0.39 is 0 Å². The normalized spacial score (nSPS) is 16.0. The number of methoxy groups -OCH3 is 1. The SMILES string of the molecule is COc1ccc(N2CCC(Nc3cnoc3C)CC2)cc1. The number of aromatic nitrogens is 1. The Morgan fingerprint density at radius 3 is 2.52 bits per heavy atom. The van der Waals surface area contributed by atoms with Crippen LogP contribution in [-0.2, 0) is 0 Å². The van der Waals surface area contributed by atoms with Gasteiger partial charge in [-0.15, -0.1) is 0 Å². The molecule has 2 heterocycles. The highest BCUT2D eigenvalue weighted by molar-refractivity contribution is 5.50. The highest BCUT2D eigenvalue weighted by atomic mass is 16.5. The van der Waals surface area contributed by atoms with Gasteiger partial charge in [-0.3, -0.25) is 0 Å². The van der Waals surface area contributed by atoms with Crippen molar-refractivity contribution in [2.75, 3.05) is 30.4 Å². The van der Waals surface area contributed by atoms with Crippen molar-refractivity contribution in [3.63, 3.8) is 0 Å². The van der Waals surface area contributed by atoms with E-state index in [0.717, 1.165) is 43.1 Å². The lowest BCUT2D eigenvalue weighted by Crippen LogP contribution is -2.39. The summed E-state index contributed by atoms with van der Waals surface area (Å²) in [6.07, 6.45) is 3.97. The van der Waals surface area contributed by atoms with Gasteiger partial charge in [0.15, 0.2) is 5.76 Å². The van der Waals surface area contributed by atoms with E-state index >= 15 is 0 Å². The van der Waals surface area contributed by atoms with Crippen molar-refractivity contribution < 1.29 is 9.26 Å². The van der Waals surface area contributed by atoms with Gasteiger partial charge in [0, 0.05) is 24.8 Å². The molecule has 1 aromatic heterocycles. The second kappa shape index (κ2) is 6.08. The van der Waals surface area contributed by atoms with E-state index in [1.165, 1.54) is 5.69 Å². The van der Waals surface area contributed by atoms with Gasteiger partial charge in [-0.1, -0.05) is 5.16 Å². The molecule has 2 aromatic rings. The number of aryl methyl sites for hydroxylation is 1. The van der Waals surface area contributed by atoms with Gasteiger partial charge in [0.05, 0.1) is 19.0 Å². The lowest BCUT2D eigenvalue weighted by Gasteiger charge is -2.34. The Labute approximate surface area is 124 Å². The van der Waals surface area contributed by atoms with Crippen molar-refractivity contribution in [1.29, 1.82) is 0 Å². The fraction of sp³-hybridized carbons (Fsp3) is 0.438. The Kier molecular flexibility index (Phi) is 3.99. The van der Waals surface area contributed by atoms with Gasteiger partial charge in [0.1, 0.15) is 5.75 Å². The quantitative estimate of drug-likeness (QED) is 0.936. The predicted octanol–water partition coefficient (Wildman–Crippen LogP) is 3.07. The Bertz CT molecular complexity index is 571. The minimum Gasteiger partial charge on any atom is -0.497 e. The van der Waals surface area contributed by atoms with Crippen LogP contribution in [0.15, 0.2) is 35.0 Å². The molecular weight excluding hydrogens is 266 g/mol. The highest BCUT2D eigenvalue weighted by Crippen LogP contribution is 2.24. The number of hydrogen-bond acceptors (Lipinski definition) is 5.